The molecule has 7 nitrogen and oxygen atoms in total. The Labute approximate surface area is 166 Å². The molecule has 28 heavy (non-hydrogen) atoms. The van der Waals surface area contributed by atoms with Crippen LogP contribution in [0.2, 0.25) is 5.02 Å². The molecule has 3 rings (SSSR count). The number of hydrogen-bond donors (Lipinski definition) is 1. The predicted molar refractivity (Wildman–Crippen MR) is 105 cm³/mol. The number of benzene rings is 2. The molecule has 144 valence electrons. The van der Waals surface area contributed by atoms with Gasteiger partial charge in [0.15, 0.2) is 17.2 Å². The Morgan fingerprint density at radius 1 is 1.14 bits per heavy atom. The van der Waals surface area contributed by atoms with Gasteiger partial charge in [-0.1, -0.05) is 29.8 Å². The minimum atomic E-state index is -0.694. The summed E-state index contributed by atoms with van der Waals surface area (Å²) in [4.78, 5) is 24.2. The summed E-state index contributed by atoms with van der Waals surface area (Å²) in [7, 11) is 0. The minimum Gasteiger partial charge on any atom is -0.461 e. The van der Waals surface area contributed by atoms with Gasteiger partial charge in [0.1, 0.15) is 11.5 Å². The number of nitrogens with two attached hydrogens (primary N) is 1. The van der Waals surface area contributed by atoms with Crippen molar-refractivity contribution >= 4 is 29.0 Å². The zero-order valence-corrected chi connectivity index (χ0v) is 16.1. The van der Waals surface area contributed by atoms with Crippen LogP contribution in [0.1, 0.15) is 34.8 Å². The van der Waals surface area contributed by atoms with Crippen LogP contribution in [0.3, 0.4) is 0 Å². The number of Topliss-reactive ketones (excluding diaryl/α,β-unsaturated/α-hetero) is 1. The van der Waals surface area contributed by atoms with Gasteiger partial charge in [-0.2, -0.15) is 5.10 Å². The first-order valence-electron chi connectivity index (χ1n) is 8.51. The van der Waals surface area contributed by atoms with Crippen LogP contribution in [0.15, 0.2) is 48.5 Å². The lowest BCUT2D eigenvalue weighted by Gasteiger charge is -2.11. The van der Waals surface area contributed by atoms with Gasteiger partial charge < -0.3 is 15.2 Å². The maximum absolute atomic E-state index is 12.4. The molecule has 0 aliphatic carbocycles. The second-order valence-corrected chi connectivity index (χ2v) is 6.23. The molecule has 1 aromatic heterocycles. The molecule has 2 aromatic carbocycles. The summed E-state index contributed by atoms with van der Waals surface area (Å²) in [5.41, 5.74) is 6.22. The molecule has 8 heteroatoms. The molecular formula is C20H18ClN3O4. The topological polar surface area (TPSA) is 96.4 Å². The van der Waals surface area contributed by atoms with Crippen molar-refractivity contribution in [2.24, 2.45) is 0 Å². The summed E-state index contributed by atoms with van der Waals surface area (Å²) in [6.07, 6.45) is 0. The Balaban J connectivity index is 2.04. The normalized spacial score (nSPS) is 10.5. The van der Waals surface area contributed by atoms with Gasteiger partial charge in [0.25, 0.3) is 0 Å². The first-order chi connectivity index (χ1) is 13.4. The maximum atomic E-state index is 12.4. The highest BCUT2D eigenvalue weighted by molar-refractivity contribution is 6.32. The summed E-state index contributed by atoms with van der Waals surface area (Å²) in [5, 5.41) is 4.43. The lowest BCUT2D eigenvalue weighted by atomic mass is 10.2. The van der Waals surface area contributed by atoms with Crippen LogP contribution in [0.25, 0.3) is 5.69 Å². The molecule has 2 N–H and O–H groups in total. The van der Waals surface area contributed by atoms with E-state index in [1.165, 1.54) is 11.6 Å². The van der Waals surface area contributed by atoms with Gasteiger partial charge in [-0.3, -0.25) is 4.79 Å². The monoisotopic (exact) mass is 399 g/mol. The minimum absolute atomic E-state index is 0.0243. The number of carbonyl (C=O) groups excluding carboxylic acids is 2. The van der Waals surface area contributed by atoms with Crippen LogP contribution >= 0.6 is 11.6 Å². The largest absolute Gasteiger partial charge is 0.461 e. The third kappa shape index (κ3) is 3.84. The van der Waals surface area contributed by atoms with Crippen molar-refractivity contribution < 1.29 is 19.1 Å². The summed E-state index contributed by atoms with van der Waals surface area (Å²) < 4.78 is 12.0. The fourth-order valence-corrected chi connectivity index (χ4v) is 2.86. The Bertz CT molecular complexity index is 1030. The van der Waals surface area contributed by atoms with Crippen LogP contribution in [0.5, 0.6) is 11.5 Å². The van der Waals surface area contributed by atoms with E-state index in [-0.39, 0.29) is 34.5 Å². The Morgan fingerprint density at radius 2 is 1.86 bits per heavy atom. The summed E-state index contributed by atoms with van der Waals surface area (Å²) >= 11 is 6.41. The number of para-hydroxylation sites is 1. The van der Waals surface area contributed by atoms with Crippen LogP contribution in [-0.2, 0) is 4.74 Å². The highest BCUT2D eigenvalue weighted by Gasteiger charge is 2.26. The number of halogens is 1. The van der Waals surface area contributed by atoms with Crippen LogP contribution < -0.4 is 10.5 Å². The van der Waals surface area contributed by atoms with E-state index in [1.54, 1.807) is 25.1 Å². The lowest BCUT2D eigenvalue weighted by Crippen LogP contribution is -2.14. The number of ether oxygens (including phenoxy) is 2. The van der Waals surface area contributed by atoms with E-state index in [4.69, 9.17) is 26.8 Å². The second kappa shape index (κ2) is 8.14. The number of nitrogen functional groups attached to an aromatic ring is 1. The molecular weight excluding hydrogens is 382 g/mol. The van der Waals surface area contributed by atoms with E-state index in [0.717, 1.165) is 0 Å². The SMILES string of the molecule is CCOC(=O)c1c(N)c(C(C)=O)nn1-c1ccc(Oc2ccccc2)cc1Cl. The molecule has 0 atom stereocenters. The summed E-state index contributed by atoms with van der Waals surface area (Å²) in [6, 6.07) is 14.1. The van der Waals surface area contributed by atoms with E-state index in [1.807, 2.05) is 30.3 Å². The highest BCUT2D eigenvalue weighted by atomic mass is 35.5. The summed E-state index contributed by atoms with van der Waals surface area (Å²) in [5.74, 6) is 0.0907. The van der Waals surface area contributed by atoms with Gasteiger partial charge in [0, 0.05) is 13.0 Å². The molecule has 0 aliphatic rings. The smallest absolute Gasteiger partial charge is 0.359 e. The molecule has 0 amide bonds. The molecule has 3 aromatic rings. The van der Waals surface area contributed by atoms with E-state index in [9.17, 15) is 9.59 Å². The van der Waals surface area contributed by atoms with Crippen LogP contribution in [-0.4, -0.2) is 28.1 Å². The second-order valence-electron chi connectivity index (χ2n) is 5.83. The molecule has 0 bridgehead atoms. The van der Waals surface area contributed by atoms with Crippen molar-refractivity contribution in [1.29, 1.82) is 0 Å². The van der Waals surface area contributed by atoms with Crippen LogP contribution in [0, 0.1) is 0 Å². The Hall–Kier alpha value is -3.32. The van der Waals surface area contributed by atoms with E-state index in [0.29, 0.717) is 17.2 Å². The van der Waals surface area contributed by atoms with Gasteiger partial charge in [-0.15, -0.1) is 0 Å². The highest BCUT2D eigenvalue weighted by Crippen LogP contribution is 2.31. The van der Waals surface area contributed by atoms with Gasteiger partial charge >= 0.3 is 5.97 Å². The van der Waals surface area contributed by atoms with Gasteiger partial charge in [-0.25, -0.2) is 9.48 Å². The molecule has 0 spiro atoms. The molecule has 1 heterocycles. The zero-order valence-electron chi connectivity index (χ0n) is 15.3. The third-order valence-electron chi connectivity index (χ3n) is 3.85. The van der Waals surface area contributed by atoms with Crippen LogP contribution in [0.4, 0.5) is 5.69 Å². The third-order valence-corrected chi connectivity index (χ3v) is 4.15. The number of esters is 1. The number of ketones is 1. The van der Waals surface area contributed by atoms with E-state index >= 15 is 0 Å². The van der Waals surface area contributed by atoms with Crippen molar-refractivity contribution in [3.63, 3.8) is 0 Å². The average molecular weight is 400 g/mol. The molecule has 0 aliphatic heterocycles. The maximum Gasteiger partial charge on any atom is 0.359 e. The van der Waals surface area contributed by atoms with Crippen molar-refractivity contribution in [2.45, 2.75) is 13.8 Å². The average Bonchev–Trinajstić information content (AvgIpc) is 3.00. The number of carbonyl (C=O) groups is 2. The lowest BCUT2D eigenvalue weighted by molar-refractivity contribution is 0.0517. The van der Waals surface area contributed by atoms with Gasteiger partial charge in [0.05, 0.1) is 23.0 Å². The molecule has 0 saturated heterocycles. The van der Waals surface area contributed by atoms with E-state index < -0.39 is 5.97 Å². The van der Waals surface area contributed by atoms with Crippen molar-refractivity contribution in [1.82, 2.24) is 9.78 Å². The first kappa shape index (κ1) is 19.4. The van der Waals surface area contributed by atoms with Crippen molar-refractivity contribution in [3.8, 4) is 17.2 Å². The van der Waals surface area contributed by atoms with Crippen molar-refractivity contribution in [3.05, 3.63) is 64.9 Å². The quantitative estimate of drug-likeness (QED) is 0.491. The number of hydrogen-bond acceptors (Lipinski definition) is 6. The number of nitrogens with zero attached hydrogens (tertiary/aromatic N) is 2. The molecule has 0 radical (unpaired) electrons. The molecule has 0 fully saturated rings. The standard InChI is InChI=1S/C20H18ClN3O4/c1-3-27-20(26)19-17(22)18(12(2)25)23-24(19)16-10-9-14(11-15(16)21)28-13-7-5-4-6-8-13/h4-11H,3,22H2,1-2H3. The fraction of sp³-hybridized carbons (Fsp3) is 0.150. The van der Waals surface area contributed by atoms with Crippen molar-refractivity contribution in [2.75, 3.05) is 12.3 Å². The molecule has 0 unspecified atom stereocenters. The Kier molecular flexibility index (Phi) is 5.65. The summed E-state index contributed by atoms with van der Waals surface area (Å²) in [6.45, 7) is 3.14. The number of aromatic nitrogens is 2. The van der Waals surface area contributed by atoms with Gasteiger partial charge in [0.2, 0.25) is 0 Å². The van der Waals surface area contributed by atoms with Gasteiger partial charge in [-0.05, 0) is 31.2 Å². The van der Waals surface area contributed by atoms with E-state index in [2.05, 4.69) is 5.10 Å². The predicted octanol–water partition coefficient (Wildman–Crippen LogP) is 4.28. The molecule has 0 saturated carbocycles. The number of rotatable bonds is 6. The Morgan fingerprint density at radius 3 is 2.46 bits per heavy atom. The zero-order chi connectivity index (χ0) is 20.3. The first-order valence-corrected chi connectivity index (χ1v) is 8.89. The number of anilines is 1. The fourth-order valence-electron chi connectivity index (χ4n) is 2.61.